The Bertz CT molecular complexity index is 481. The van der Waals surface area contributed by atoms with E-state index in [1.54, 1.807) is 12.1 Å². The third-order valence-electron chi connectivity index (χ3n) is 3.10. The minimum absolute atomic E-state index is 0.195. The van der Waals surface area contributed by atoms with Crippen molar-refractivity contribution < 1.29 is 8.42 Å². The predicted molar refractivity (Wildman–Crippen MR) is 78.6 cm³/mol. The molecule has 0 bridgehead atoms. The molecule has 1 rings (SSSR count). The molecule has 0 aliphatic carbocycles. The van der Waals surface area contributed by atoms with E-state index in [-0.39, 0.29) is 6.04 Å². The molecule has 0 heterocycles. The van der Waals surface area contributed by atoms with E-state index in [4.69, 9.17) is 5.73 Å². The lowest BCUT2D eigenvalue weighted by atomic mass is 10.0. The third-order valence-corrected chi connectivity index (χ3v) is 4.64. The van der Waals surface area contributed by atoms with E-state index in [0.717, 1.165) is 18.4 Å². The summed E-state index contributed by atoms with van der Waals surface area (Å²) in [5.41, 5.74) is 6.71. The molecule has 1 atom stereocenters. The van der Waals surface area contributed by atoms with Crippen LogP contribution in [0, 0.1) is 0 Å². The lowest BCUT2D eigenvalue weighted by molar-refractivity contribution is 0.527. The molecule has 0 aromatic heterocycles. The highest BCUT2D eigenvalue weighted by molar-refractivity contribution is 7.89. The zero-order valence-electron chi connectivity index (χ0n) is 11.9. The molecule has 0 spiro atoms. The van der Waals surface area contributed by atoms with Gasteiger partial charge in [-0.3, -0.25) is 0 Å². The maximum atomic E-state index is 12.2. The Labute approximate surface area is 116 Å². The Kier molecular flexibility index (Phi) is 5.97. The quantitative estimate of drug-likeness (QED) is 0.806. The van der Waals surface area contributed by atoms with Gasteiger partial charge < -0.3 is 5.73 Å². The van der Waals surface area contributed by atoms with E-state index in [2.05, 4.69) is 18.6 Å². The van der Waals surface area contributed by atoms with Crippen molar-refractivity contribution in [1.82, 2.24) is 4.72 Å². The van der Waals surface area contributed by atoms with Crippen LogP contribution in [0.5, 0.6) is 0 Å². The first-order valence-corrected chi connectivity index (χ1v) is 8.21. The number of rotatable bonds is 7. The fraction of sp³-hybridized carbons (Fsp3) is 0.571. The average molecular weight is 284 g/mol. The van der Waals surface area contributed by atoms with Gasteiger partial charge in [-0.1, -0.05) is 39.3 Å². The van der Waals surface area contributed by atoms with Gasteiger partial charge in [0, 0.05) is 12.6 Å². The first-order valence-electron chi connectivity index (χ1n) is 6.73. The minimum Gasteiger partial charge on any atom is -0.329 e. The molecule has 0 radical (unpaired) electrons. The molecule has 1 aromatic carbocycles. The summed E-state index contributed by atoms with van der Waals surface area (Å²) < 4.78 is 27.0. The summed E-state index contributed by atoms with van der Waals surface area (Å²) in [6.45, 7) is 6.48. The summed E-state index contributed by atoms with van der Waals surface area (Å²) in [7, 11) is -3.47. The molecule has 1 unspecified atom stereocenters. The smallest absolute Gasteiger partial charge is 0.240 e. The summed E-state index contributed by atoms with van der Waals surface area (Å²) in [6, 6.07) is 6.82. The fourth-order valence-electron chi connectivity index (χ4n) is 1.89. The normalized spacial score (nSPS) is 13.7. The molecular weight excluding hydrogens is 260 g/mol. The lowest BCUT2D eigenvalue weighted by Crippen LogP contribution is -2.39. The summed E-state index contributed by atoms with van der Waals surface area (Å²) in [6.07, 6.45) is 1.65. The number of hydrogen-bond donors (Lipinski definition) is 2. The van der Waals surface area contributed by atoms with Gasteiger partial charge in [-0.2, -0.15) is 0 Å². The van der Waals surface area contributed by atoms with Gasteiger partial charge in [0.15, 0.2) is 0 Å². The number of nitrogens with one attached hydrogen (secondary N) is 1. The van der Waals surface area contributed by atoms with Crippen LogP contribution in [0.25, 0.3) is 0 Å². The molecule has 0 saturated heterocycles. The molecule has 0 aliphatic rings. The van der Waals surface area contributed by atoms with E-state index < -0.39 is 10.0 Å². The molecule has 108 valence electrons. The van der Waals surface area contributed by atoms with Crippen LogP contribution >= 0.6 is 0 Å². The van der Waals surface area contributed by atoms with Gasteiger partial charge in [0.2, 0.25) is 10.0 Å². The van der Waals surface area contributed by atoms with Crippen LogP contribution < -0.4 is 10.5 Å². The number of nitrogens with two attached hydrogens (primary N) is 1. The van der Waals surface area contributed by atoms with E-state index >= 15 is 0 Å². The maximum Gasteiger partial charge on any atom is 0.240 e. The largest absolute Gasteiger partial charge is 0.329 e. The zero-order valence-corrected chi connectivity index (χ0v) is 12.7. The monoisotopic (exact) mass is 284 g/mol. The molecule has 5 heteroatoms. The highest BCUT2D eigenvalue weighted by Gasteiger charge is 2.18. The first kappa shape index (κ1) is 16.1. The van der Waals surface area contributed by atoms with Crippen LogP contribution in [0.4, 0.5) is 0 Å². The molecule has 3 N–H and O–H groups in total. The number of benzene rings is 1. The summed E-state index contributed by atoms with van der Waals surface area (Å²) in [5, 5.41) is 0. The van der Waals surface area contributed by atoms with Crippen LogP contribution in [0.3, 0.4) is 0 Å². The van der Waals surface area contributed by atoms with E-state index in [0.29, 0.717) is 17.4 Å². The van der Waals surface area contributed by atoms with Gasteiger partial charge in [0.25, 0.3) is 0 Å². The van der Waals surface area contributed by atoms with Crippen molar-refractivity contribution in [3.63, 3.8) is 0 Å². The predicted octanol–water partition coefficient (Wildman–Crippen LogP) is 2.22. The Morgan fingerprint density at radius 3 is 2.21 bits per heavy atom. The van der Waals surface area contributed by atoms with Crippen molar-refractivity contribution in [1.29, 1.82) is 0 Å². The van der Waals surface area contributed by atoms with Crippen LogP contribution in [0.15, 0.2) is 29.2 Å². The molecule has 0 amide bonds. The molecule has 0 fully saturated rings. The van der Waals surface area contributed by atoms with E-state index in [1.165, 1.54) is 0 Å². The average Bonchev–Trinajstić information content (AvgIpc) is 2.38. The summed E-state index contributed by atoms with van der Waals surface area (Å²) in [5.74, 6) is 0.390. The van der Waals surface area contributed by atoms with Gasteiger partial charge in [0.1, 0.15) is 0 Å². The number of sulfonamides is 1. The van der Waals surface area contributed by atoms with Crippen molar-refractivity contribution >= 4 is 10.0 Å². The van der Waals surface area contributed by atoms with Gasteiger partial charge in [-0.05, 0) is 30.0 Å². The Morgan fingerprint density at radius 1 is 1.21 bits per heavy atom. The Hall–Kier alpha value is -0.910. The first-order chi connectivity index (χ1) is 8.90. The van der Waals surface area contributed by atoms with Crippen LogP contribution in [0.2, 0.25) is 0 Å². The molecule has 0 aliphatic heterocycles. The van der Waals surface area contributed by atoms with Gasteiger partial charge in [0.05, 0.1) is 4.90 Å². The molecule has 1 aromatic rings. The Balaban J connectivity index is 2.87. The second-order valence-electron chi connectivity index (χ2n) is 5.07. The standard InChI is InChI=1S/C14H24N2O2S/c1-4-5-13(10-15)16-19(17,18)14-8-6-12(7-9-14)11(2)3/h6-9,11,13,16H,4-5,10,15H2,1-3H3. The van der Waals surface area contributed by atoms with E-state index in [9.17, 15) is 8.42 Å². The summed E-state index contributed by atoms with van der Waals surface area (Å²) >= 11 is 0. The van der Waals surface area contributed by atoms with Crippen LogP contribution in [-0.4, -0.2) is 21.0 Å². The van der Waals surface area contributed by atoms with Crippen LogP contribution in [0.1, 0.15) is 45.1 Å². The maximum absolute atomic E-state index is 12.2. The third kappa shape index (κ3) is 4.60. The van der Waals surface area contributed by atoms with Gasteiger partial charge in [-0.15, -0.1) is 0 Å². The molecule has 19 heavy (non-hydrogen) atoms. The fourth-order valence-corrected chi connectivity index (χ4v) is 3.18. The minimum atomic E-state index is -3.47. The highest BCUT2D eigenvalue weighted by atomic mass is 32.2. The lowest BCUT2D eigenvalue weighted by Gasteiger charge is -2.16. The Morgan fingerprint density at radius 2 is 1.79 bits per heavy atom. The second kappa shape index (κ2) is 7.03. The molecular formula is C14H24N2O2S. The topological polar surface area (TPSA) is 72.2 Å². The van der Waals surface area contributed by atoms with Crippen molar-refractivity contribution in [2.75, 3.05) is 6.54 Å². The number of hydrogen-bond acceptors (Lipinski definition) is 3. The molecule has 0 saturated carbocycles. The van der Waals surface area contributed by atoms with Crippen LogP contribution in [-0.2, 0) is 10.0 Å². The SMILES string of the molecule is CCCC(CN)NS(=O)(=O)c1ccc(C(C)C)cc1. The second-order valence-corrected chi connectivity index (χ2v) is 6.78. The summed E-state index contributed by atoms with van der Waals surface area (Å²) in [4.78, 5) is 0.298. The zero-order chi connectivity index (χ0) is 14.5. The van der Waals surface area contributed by atoms with Gasteiger partial charge in [-0.25, -0.2) is 13.1 Å². The van der Waals surface area contributed by atoms with E-state index in [1.807, 2.05) is 19.1 Å². The van der Waals surface area contributed by atoms with Crippen molar-refractivity contribution in [3.8, 4) is 0 Å². The van der Waals surface area contributed by atoms with Gasteiger partial charge >= 0.3 is 0 Å². The van der Waals surface area contributed by atoms with Crippen molar-refractivity contribution in [2.24, 2.45) is 5.73 Å². The van der Waals surface area contributed by atoms with Crippen molar-refractivity contribution in [2.45, 2.75) is 50.5 Å². The molecule has 4 nitrogen and oxygen atoms in total. The van der Waals surface area contributed by atoms with Crippen molar-refractivity contribution in [3.05, 3.63) is 29.8 Å². The highest BCUT2D eigenvalue weighted by Crippen LogP contribution is 2.17.